The molecule has 0 radical (unpaired) electrons. The fourth-order valence-electron chi connectivity index (χ4n) is 2.04. The van der Waals surface area contributed by atoms with E-state index in [9.17, 15) is 18.0 Å². The molecule has 0 aliphatic rings. The molecule has 25 heavy (non-hydrogen) atoms. The fourth-order valence-corrected chi connectivity index (χ4v) is 3.18. The third-order valence-electron chi connectivity index (χ3n) is 3.24. The van der Waals surface area contributed by atoms with Crippen molar-refractivity contribution in [3.05, 3.63) is 17.2 Å². The van der Waals surface area contributed by atoms with E-state index < -0.39 is 12.7 Å². The molecule has 0 aromatic carbocycles. The molecule has 2 rings (SSSR count). The SMILES string of the molecule is CCN(CC)C(=O)n1cnc(Sc2c(C)nn(CC(F)(F)F)c2Cl)n1. The van der Waals surface area contributed by atoms with Gasteiger partial charge in [0.2, 0.25) is 5.16 Å². The van der Waals surface area contributed by atoms with E-state index in [-0.39, 0.29) is 16.3 Å². The highest BCUT2D eigenvalue weighted by molar-refractivity contribution is 7.99. The normalized spacial score (nSPS) is 11.8. The molecule has 2 aromatic rings. The summed E-state index contributed by atoms with van der Waals surface area (Å²) in [6.07, 6.45) is -3.17. The third kappa shape index (κ3) is 4.66. The summed E-state index contributed by atoms with van der Waals surface area (Å²) in [6.45, 7) is 4.98. The molecule has 0 fully saturated rings. The predicted octanol–water partition coefficient (Wildman–Crippen LogP) is 3.46. The van der Waals surface area contributed by atoms with Gasteiger partial charge in [-0.2, -0.15) is 23.0 Å². The van der Waals surface area contributed by atoms with Crippen molar-refractivity contribution in [2.75, 3.05) is 13.1 Å². The largest absolute Gasteiger partial charge is 0.408 e. The summed E-state index contributed by atoms with van der Waals surface area (Å²) in [5.74, 6) is 0. The van der Waals surface area contributed by atoms with Crippen LogP contribution in [0.5, 0.6) is 0 Å². The van der Waals surface area contributed by atoms with Gasteiger partial charge in [-0.05, 0) is 32.5 Å². The standard InChI is InChI=1S/C13H16ClF3N6OS/c1-4-21(5-2)12(24)23-7-18-11(20-23)25-9-8(3)19-22(10(9)14)6-13(15,16)17/h7H,4-6H2,1-3H3. The smallest absolute Gasteiger partial charge is 0.323 e. The number of rotatable bonds is 5. The molecule has 7 nitrogen and oxygen atoms in total. The molecule has 0 unspecified atom stereocenters. The van der Waals surface area contributed by atoms with Gasteiger partial charge in [-0.25, -0.2) is 14.5 Å². The number of carbonyl (C=O) groups is 1. The Labute approximate surface area is 151 Å². The van der Waals surface area contributed by atoms with Crippen LogP contribution in [0, 0.1) is 6.92 Å². The number of alkyl halides is 3. The Balaban J connectivity index is 2.20. The molecule has 1 amide bonds. The van der Waals surface area contributed by atoms with Gasteiger partial charge in [0.15, 0.2) is 0 Å². The van der Waals surface area contributed by atoms with Crippen LogP contribution in [-0.2, 0) is 6.54 Å². The van der Waals surface area contributed by atoms with Gasteiger partial charge in [0.05, 0.1) is 10.6 Å². The lowest BCUT2D eigenvalue weighted by Gasteiger charge is -2.17. The van der Waals surface area contributed by atoms with E-state index in [1.165, 1.54) is 6.33 Å². The first kappa shape index (κ1) is 19.6. The number of amides is 1. The van der Waals surface area contributed by atoms with Crippen LogP contribution < -0.4 is 0 Å². The van der Waals surface area contributed by atoms with Crippen LogP contribution in [-0.4, -0.2) is 54.7 Å². The van der Waals surface area contributed by atoms with Gasteiger partial charge >= 0.3 is 12.2 Å². The van der Waals surface area contributed by atoms with E-state index >= 15 is 0 Å². The van der Waals surface area contributed by atoms with Crippen molar-refractivity contribution in [1.29, 1.82) is 0 Å². The minimum absolute atomic E-state index is 0.147. The van der Waals surface area contributed by atoms with Gasteiger partial charge in [-0.15, -0.1) is 5.10 Å². The highest BCUT2D eigenvalue weighted by Gasteiger charge is 2.31. The number of aromatic nitrogens is 5. The second-order valence-corrected chi connectivity index (χ2v) is 6.34. The summed E-state index contributed by atoms with van der Waals surface area (Å²) in [7, 11) is 0. The number of aryl methyl sites for hydroxylation is 1. The van der Waals surface area contributed by atoms with Crippen molar-refractivity contribution in [3.63, 3.8) is 0 Å². The summed E-state index contributed by atoms with van der Waals surface area (Å²) in [5, 5.41) is 7.89. The number of carbonyl (C=O) groups excluding carboxylic acids is 1. The van der Waals surface area contributed by atoms with E-state index in [1.807, 2.05) is 13.8 Å². The molecule has 138 valence electrons. The Bertz CT molecular complexity index is 756. The van der Waals surface area contributed by atoms with Crippen LogP contribution in [0.1, 0.15) is 19.5 Å². The van der Waals surface area contributed by atoms with E-state index in [0.29, 0.717) is 28.4 Å². The zero-order valence-corrected chi connectivity index (χ0v) is 15.3. The molecular weight excluding hydrogens is 381 g/mol. The lowest BCUT2D eigenvalue weighted by atomic mass is 10.5. The summed E-state index contributed by atoms with van der Waals surface area (Å²) >= 11 is 6.95. The predicted molar refractivity (Wildman–Crippen MR) is 85.9 cm³/mol. The van der Waals surface area contributed by atoms with Crippen molar-refractivity contribution >= 4 is 29.4 Å². The maximum absolute atomic E-state index is 12.5. The molecule has 2 aromatic heterocycles. The monoisotopic (exact) mass is 396 g/mol. The van der Waals surface area contributed by atoms with Gasteiger partial charge in [-0.1, -0.05) is 11.6 Å². The van der Waals surface area contributed by atoms with Crippen LogP contribution in [0.2, 0.25) is 5.15 Å². The van der Waals surface area contributed by atoms with Crippen LogP contribution in [0.15, 0.2) is 16.4 Å². The first-order chi connectivity index (χ1) is 11.7. The maximum Gasteiger partial charge on any atom is 0.408 e. The summed E-state index contributed by atoms with van der Waals surface area (Å²) < 4.78 is 39.3. The van der Waals surface area contributed by atoms with Crippen LogP contribution in [0.25, 0.3) is 0 Å². The van der Waals surface area contributed by atoms with Crippen LogP contribution >= 0.6 is 23.4 Å². The molecule has 0 saturated heterocycles. The Kier molecular flexibility index (Phi) is 5.99. The molecular formula is C13H16ClF3N6OS. The van der Waals surface area contributed by atoms with Crippen molar-refractivity contribution in [1.82, 2.24) is 29.4 Å². The van der Waals surface area contributed by atoms with Crippen molar-refractivity contribution < 1.29 is 18.0 Å². The summed E-state index contributed by atoms with van der Waals surface area (Å²) in [4.78, 5) is 18.1. The number of nitrogens with zero attached hydrogens (tertiary/aromatic N) is 6. The van der Waals surface area contributed by atoms with Gasteiger partial charge < -0.3 is 4.90 Å². The van der Waals surface area contributed by atoms with Crippen LogP contribution in [0.3, 0.4) is 0 Å². The minimum Gasteiger partial charge on any atom is -0.323 e. The molecule has 0 atom stereocenters. The molecule has 0 aliphatic carbocycles. The Morgan fingerprint density at radius 2 is 1.96 bits per heavy atom. The second kappa shape index (κ2) is 7.65. The average molecular weight is 397 g/mol. The Morgan fingerprint density at radius 1 is 1.32 bits per heavy atom. The van der Waals surface area contributed by atoms with E-state index in [4.69, 9.17) is 11.6 Å². The molecule has 0 spiro atoms. The minimum atomic E-state index is -4.43. The highest BCUT2D eigenvalue weighted by Crippen LogP contribution is 2.35. The Morgan fingerprint density at radius 3 is 2.52 bits per heavy atom. The second-order valence-electron chi connectivity index (χ2n) is 5.01. The van der Waals surface area contributed by atoms with E-state index in [0.717, 1.165) is 16.4 Å². The van der Waals surface area contributed by atoms with Gasteiger partial charge in [0, 0.05) is 13.1 Å². The van der Waals surface area contributed by atoms with Gasteiger partial charge in [-0.3, -0.25) is 0 Å². The third-order valence-corrected chi connectivity index (χ3v) is 4.80. The first-order valence-electron chi connectivity index (χ1n) is 7.34. The van der Waals surface area contributed by atoms with Crippen molar-refractivity contribution in [3.8, 4) is 0 Å². The molecule has 0 saturated carbocycles. The maximum atomic E-state index is 12.5. The topological polar surface area (TPSA) is 68.8 Å². The quantitative estimate of drug-likeness (QED) is 0.774. The highest BCUT2D eigenvalue weighted by atomic mass is 35.5. The van der Waals surface area contributed by atoms with Gasteiger partial charge in [0.25, 0.3) is 0 Å². The first-order valence-corrected chi connectivity index (χ1v) is 8.54. The zero-order chi connectivity index (χ0) is 18.8. The molecule has 0 bridgehead atoms. The van der Waals surface area contributed by atoms with Crippen LogP contribution in [0.4, 0.5) is 18.0 Å². The molecule has 12 heteroatoms. The number of hydrogen-bond donors (Lipinski definition) is 0. The Hall–Kier alpha value is -1.75. The average Bonchev–Trinajstić information content (AvgIpc) is 3.08. The zero-order valence-electron chi connectivity index (χ0n) is 13.7. The van der Waals surface area contributed by atoms with Gasteiger partial charge in [0.1, 0.15) is 18.0 Å². The number of hydrogen-bond acceptors (Lipinski definition) is 5. The summed E-state index contributed by atoms with van der Waals surface area (Å²) in [5.41, 5.74) is 0.325. The molecule has 0 N–H and O–H groups in total. The lowest BCUT2D eigenvalue weighted by Crippen LogP contribution is -2.34. The lowest BCUT2D eigenvalue weighted by molar-refractivity contribution is -0.142. The molecule has 0 aliphatic heterocycles. The summed E-state index contributed by atoms with van der Waals surface area (Å²) in [6, 6.07) is -0.333. The van der Waals surface area contributed by atoms with E-state index in [2.05, 4.69) is 15.2 Å². The van der Waals surface area contributed by atoms with Crippen molar-refractivity contribution in [2.45, 2.75) is 43.5 Å². The fraction of sp³-hybridized carbons (Fsp3) is 0.538. The van der Waals surface area contributed by atoms with E-state index in [1.54, 1.807) is 11.8 Å². The number of halogens is 4. The van der Waals surface area contributed by atoms with Crippen molar-refractivity contribution in [2.24, 2.45) is 0 Å². The molecule has 2 heterocycles.